The molecule has 0 bridgehead atoms. The second-order valence-corrected chi connectivity index (χ2v) is 6.61. The molecule has 0 fully saturated rings. The summed E-state index contributed by atoms with van der Waals surface area (Å²) in [5, 5.41) is 3.00. The van der Waals surface area contributed by atoms with Crippen molar-refractivity contribution in [3.05, 3.63) is 65.2 Å². The van der Waals surface area contributed by atoms with Gasteiger partial charge >= 0.3 is 0 Å². The first kappa shape index (κ1) is 15.8. The Morgan fingerprint density at radius 1 is 1.14 bits per heavy atom. The molecule has 0 aliphatic rings. The van der Waals surface area contributed by atoms with Crippen LogP contribution in [-0.4, -0.2) is 5.91 Å². The minimum absolute atomic E-state index is 0.0520. The summed E-state index contributed by atoms with van der Waals surface area (Å²) in [6, 6.07) is 16.2. The van der Waals surface area contributed by atoms with Crippen molar-refractivity contribution in [3.8, 4) is 0 Å². The van der Waals surface area contributed by atoms with Crippen LogP contribution >= 0.6 is 15.9 Å². The Balaban J connectivity index is 1.94. The van der Waals surface area contributed by atoms with E-state index in [1.54, 1.807) is 0 Å². The van der Waals surface area contributed by atoms with E-state index in [1.165, 1.54) is 11.1 Å². The zero-order valence-electron chi connectivity index (χ0n) is 12.4. The van der Waals surface area contributed by atoms with Gasteiger partial charge in [-0.15, -0.1) is 0 Å². The van der Waals surface area contributed by atoms with Crippen molar-refractivity contribution in [2.75, 3.05) is 5.32 Å². The molecule has 1 unspecified atom stereocenters. The fraction of sp³-hybridized carbons (Fsp3) is 0.278. The summed E-state index contributed by atoms with van der Waals surface area (Å²) in [4.78, 5) is 12.3. The number of anilines is 1. The number of hydrogen-bond donors (Lipinski definition) is 1. The molecular formula is C18H20BrNO. The Hall–Kier alpha value is -1.61. The van der Waals surface area contributed by atoms with Crippen molar-refractivity contribution >= 4 is 27.5 Å². The van der Waals surface area contributed by atoms with Crippen LogP contribution in [-0.2, 0) is 11.2 Å². The zero-order chi connectivity index (χ0) is 15.2. The predicted octanol–water partition coefficient (Wildman–Crippen LogP) is 5.02. The lowest BCUT2D eigenvalue weighted by Crippen LogP contribution is -2.13. The van der Waals surface area contributed by atoms with E-state index >= 15 is 0 Å². The van der Waals surface area contributed by atoms with Crippen LogP contribution < -0.4 is 5.32 Å². The second kappa shape index (κ2) is 7.41. The number of aryl methyl sites for hydroxylation is 2. The first-order valence-electron chi connectivity index (χ1n) is 7.14. The van der Waals surface area contributed by atoms with Crippen LogP contribution in [0.25, 0.3) is 0 Å². The van der Waals surface area contributed by atoms with Crippen LogP contribution in [0.3, 0.4) is 0 Å². The SMILES string of the molecule is Cc1ccc(CCC(=O)Nc2ccccc2C(C)Br)cc1. The maximum absolute atomic E-state index is 12.1. The molecule has 0 spiro atoms. The van der Waals surface area contributed by atoms with E-state index in [0.717, 1.165) is 17.7 Å². The third kappa shape index (κ3) is 4.71. The van der Waals surface area contributed by atoms with Gasteiger partial charge in [-0.3, -0.25) is 4.79 Å². The lowest BCUT2D eigenvalue weighted by atomic mass is 10.1. The van der Waals surface area contributed by atoms with E-state index in [0.29, 0.717) is 6.42 Å². The smallest absolute Gasteiger partial charge is 0.224 e. The van der Waals surface area contributed by atoms with Gasteiger partial charge in [-0.25, -0.2) is 0 Å². The zero-order valence-corrected chi connectivity index (χ0v) is 14.0. The van der Waals surface area contributed by atoms with Crippen LogP contribution in [0.4, 0.5) is 5.69 Å². The molecule has 3 heteroatoms. The maximum atomic E-state index is 12.1. The van der Waals surface area contributed by atoms with Crippen LogP contribution in [0.2, 0.25) is 0 Å². The van der Waals surface area contributed by atoms with Crippen LogP contribution in [0, 0.1) is 6.92 Å². The Labute approximate surface area is 134 Å². The number of para-hydroxylation sites is 1. The second-order valence-electron chi connectivity index (χ2n) is 5.24. The Morgan fingerprint density at radius 2 is 1.81 bits per heavy atom. The molecule has 1 N–H and O–H groups in total. The quantitative estimate of drug-likeness (QED) is 0.757. The highest BCUT2D eigenvalue weighted by molar-refractivity contribution is 9.09. The number of carbonyl (C=O) groups excluding carboxylic acids is 1. The maximum Gasteiger partial charge on any atom is 0.224 e. The number of alkyl halides is 1. The van der Waals surface area contributed by atoms with Gasteiger partial charge in [-0.05, 0) is 37.5 Å². The highest BCUT2D eigenvalue weighted by Gasteiger charge is 2.10. The number of carbonyl (C=O) groups is 1. The molecule has 1 amide bonds. The molecule has 0 saturated heterocycles. The Kier molecular flexibility index (Phi) is 5.57. The first-order valence-corrected chi connectivity index (χ1v) is 8.06. The van der Waals surface area contributed by atoms with Gasteiger partial charge in [0.1, 0.15) is 0 Å². The number of amides is 1. The molecular weight excluding hydrogens is 326 g/mol. The molecule has 2 rings (SSSR count). The lowest BCUT2D eigenvalue weighted by molar-refractivity contribution is -0.116. The summed E-state index contributed by atoms with van der Waals surface area (Å²) in [7, 11) is 0. The normalized spacial score (nSPS) is 12.0. The molecule has 2 aromatic carbocycles. The first-order chi connectivity index (χ1) is 10.1. The van der Waals surface area contributed by atoms with Gasteiger partial charge in [0, 0.05) is 16.9 Å². The molecule has 0 aliphatic heterocycles. The molecule has 0 radical (unpaired) electrons. The molecule has 2 nitrogen and oxygen atoms in total. The van der Waals surface area contributed by atoms with E-state index < -0.39 is 0 Å². The molecule has 0 aromatic heterocycles. The van der Waals surface area contributed by atoms with Gasteiger partial charge in [0.2, 0.25) is 5.91 Å². The van der Waals surface area contributed by atoms with Crippen molar-refractivity contribution in [2.24, 2.45) is 0 Å². The van der Waals surface area contributed by atoms with Gasteiger partial charge in [-0.1, -0.05) is 64.0 Å². The van der Waals surface area contributed by atoms with Crippen LogP contribution in [0.1, 0.15) is 34.9 Å². The fourth-order valence-corrected chi connectivity index (χ4v) is 2.58. The molecule has 110 valence electrons. The third-order valence-corrected chi connectivity index (χ3v) is 3.92. The standard InChI is InChI=1S/C18H20BrNO/c1-13-7-9-15(10-8-13)11-12-18(21)20-17-6-4-3-5-16(17)14(2)19/h3-10,14H,11-12H2,1-2H3,(H,20,21). The average Bonchev–Trinajstić information content (AvgIpc) is 2.47. The topological polar surface area (TPSA) is 29.1 Å². The van der Waals surface area contributed by atoms with Gasteiger partial charge in [-0.2, -0.15) is 0 Å². The molecule has 0 heterocycles. The number of halogens is 1. The van der Waals surface area contributed by atoms with E-state index in [4.69, 9.17) is 0 Å². The number of hydrogen-bond acceptors (Lipinski definition) is 1. The highest BCUT2D eigenvalue weighted by atomic mass is 79.9. The molecule has 21 heavy (non-hydrogen) atoms. The summed E-state index contributed by atoms with van der Waals surface area (Å²) in [6.45, 7) is 4.12. The van der Waals surface area contributed by atoms with E-state index in [1.807, 2.05) is 24.3 Å². The Bertz CT molecular complexity index is 605. The lowest BCUT2D eigenvalue weighted by Gasteiger charge is -2.12. The molecule has 0 saturated carbocycles. The van der Waals surface area contributed by atoms with Gasteiger partial charge in [0.05, 0.1) is 0 Å². The van der Waals surface area contributed by atoms with Crippen molar-refractivity contribution in [1.82, 2.24) is 0 Å². The Morgan fingerprint density at radius 3 is 2.48 bits per heavy atom. The predicted molar refractivity (Wildman–Crippen MR) is 91.9 cm³/mol. The minimum Gasteiger partial charge on any atom is -0.326 e. The van der Waals surface area contributed by atoms with Gasteiger partial charge in [0.25, 0.3) is 0 Å². The summed E-state index contributed by atoms with van der Waals surface area (Å²) >= 11 is 3.55. The van der Waals surface area contributed by atoms with Crippen molar-refractivity contribution in [1.29, 1.82) is 0 Å². The van der Waals surface area contributed by atoms with Gasteiger partial charge < -0.3 is 5.32 Å². The molecule has 0 aliphatic carbocycles. The highest BCUT2D eigenvalue weighted by Crippen LogP contribution is 2.28. The van der Waals surface area contributed by atoms with E-state index in [-0.39, 0.29) is 10.7 Å². The largest absolute Gasteiger partial charge is 0.326 e. The number of benzene rings is 2. The monoisotopic (exact) mass is 345 g/mol. The molecule has 1 atom stereocenters. The summed E-state index contributed by atoms with van der Waals surface area (Å²) < 4.78 is 0. The summed E-state index contributed by atoms with van der Waals surface area (Å²) in [5.41, 5.74) is 4.42. The minimum atomic E-state index is 0.0520. The number of rotatable bonds is 5. The average molecular weight is 346 g/mol. The van der Waals surface area contributed by atoms with Crippen LogP contribution in [0.5, 0.6) is 0 Å². The van der Waals surface area contributed by atoms with E-state index in [9.17, 15) is 4.79 Å². The van der Waals surface area contributed by atoms with Crippen molar-refractivity contribution in [3.63, 3.8) is 0 Å². The van der Waals surface area contributed by atoms with Crippen molar-refractivity contribution < 1.29 is 4.79 Å². The van der Waals surface area contributed by atoms with Gasteiger partial charge in [0.15, 0.2) is 0 Å². The third-order valence-electron chi connectivity index (χ3n) is 3.42. The number of nitrogens with one attached hydrogen (secondary N) is 1. The summed E-state index contributed by atoms with van der Waals surface area (Å²) in [5.74, 6) is 0.0520. The summed E-state index contributed by atoms with van der Waals surface area (Å²) in [6.07, 6.45) is 1.26. The van der Waals surface area contributed by atoms with Crippen molar-refractivity contribution in [2.45, 2.75) is 31.5 Å². The fourth-order valence-electron chi connectivity index (χ4n) is 2.18. The van der Waals surface area contributed by atoms with E-state index in [2.05, 4.69) is 59.4 Å². The molecule has 2 aromatic rings. The van der Waals surface area contributed by atoms with Crippen LogP contribution in [0.15, 0.2) is 48.5 Å².